The summed E-state index contributed by atoms with van der Waals surface area (Å²) in [6.45, 7) is 1.95. The predicted molar refractivity (Wildman–Crippen MR) is 67.1 cm³/mol. The van der Waals surface area contributed by atoms with Crippen molar-refractivity contribution in [2.45, 2.75) is 26.2 Å². The smallest absolute Gasteiger partial charge is 0.139 e. The van der Waals surface area contributed by atoms with E-state index in [1.807, 2.05) is 25.4 Å². The molecular formula is C12H15N3OS. The van der Waals surface area contributed by atoms with Crippen molar-refractivity contribution < 1.29 is 4.79 Å². The second-order valence-corrected chi connectivity index (χ2v) is 5.08. The number of hydrogen-bond acceptors (Lipinski definition) is 4. The van der Waals surface area contributed by atoms with Gasteiger partial charge in [0, 0.05) is 37.2 Å². The molecule has 0 aliphatic heterocycles. The molecule has 2 aromatic rings. The summed E-state index contributed by atoms with van der Waals surface area (Å²) in [5.41, 5.74) is 1.98. The number of rotatable bonds is 5. The van der Waals surface area contributed by atoms with Crippen LogP contribution in [0.3, 0.4) is 0 Å². The van der Waals surface area contributed by atoms with Gasteiger partial charge in [-0.3, -0.25) is 9.48 Å². The third-order valence-corrected chi connectivity index (χ3v) is 3.45. The van der Waals surface area contributed by atoms with E-state index < -0.39 is 0 Å². The zero-order valence-electron chi connectivity index (χ0n) is 10.0. The number of nitrogens with zero attached hydrogens (tertiary/aromatic N) is 3. The third kappa shape index (κ3) is 3.23. The molecule has 17 heavy (non-hydrogen) atoms. The van der Waals surface area contributed by atoms with Crippen LogP contribution in [0.2, 0.25) is 0 Å². The zero-order valence-corrected chi connectivity index (χ0v) is 10.8. The average molecular weight is 249 g/mol. The van der Waals surface area contributed by atoms with E-state index in [0.717, 1.165) is 22.8 Å². The van der Waals surface area contributed by atoms with Gasteiger partial charge in [-0.05, 0) is 19.4 Å². The average Bonchev–Trinajstić information content (AvgIpc) is 2.85. The Bertz CT molecular complexity index is 515. The van der Waals surface area contributed by atoms with Crippen molar-refractivity contribution in [3.05, 3.63) is 34.0 Å². The van der Waals surface area contributed by atoms with Crippen LogP contribution in [0.25, 0.3) is 0 Å². The van der Waals surface area contributed by atoms with E-state index in [1.165, 1.54) is 0 Å². The number of carbonyl (C=O) groups is 1. The van der Waals surface area contributed by atoms with Crippen molar-refractivity contribution in [2.24, 2.45) is 7.05 Å². The molecule has 0 aliphatic carbocycles. The highest BCUT2D eigenvalue weighted by atomic mass is 32.1. The molecule has 2 rings (SSSR count). The van der Waals surface area contributed by atoms with E-state index in [9.17, 15) is 4.79 Å². The van der Waals surface area contributed by atoms with Crippen molar-refractivity contribution in [1.82, 2.24) is 14.8 Å². The molecule has 0 fully saturated rings. The van der Waals surface area contributed by atoms with Gasteiger partial charge in [-0.25, -0.2) is 4.98 Å². The van der Waals surface area contributed by atoms with Gasteiger partial charge in [-0.1, -0.05) is 0 Å². The summed E-state index contributed by atoms with van der Waals surface area (Å²) in [7, 11) is 1.89. The highest BCUT2D eigenvalue weighted by Crippen LogP contribution is 2.10. The van der Waals surface area contributed by atoms with Crippen LogP contribution in [-0.4, -0.2) is 20.5 Å². The Labute approximate surface area is 104 Å². The number of aromatic nitrogens is 3. The molecule has 0 atom stereocenters. The maximum absolute atomic E-state index is 11.8. The molecule has 0 N–H and O–H groups in total. The number of aryl methyl sites for hydroxylation is 3. The van der Waals surface area contributed by atoms with Gasteiger partial charge in [0.25, 0.3) is 0 Å². The van der Waals surface area contributed by atoms with Crippen LogP contribution in [0.4, 0.5) is 0 Å². The molecular weight excluding hydrogens is 234 g/mol. The van der Waals surface area contributed by atoms with Crippen LogP contribution < -0.4 is 0 Å². The Balaban J connectivity index is 1.84. The molecule has 0 aliphatic rings. The maximum Gasteiger partial charge on any atom is 0.139 e. The second kappa shape index (κ2) is 5.23. The zero-order chi connectivity index (χ0) is 12.3. The topological polar surface area (TPSA) is 47.8 Å². The van der Waals surface area contributed by atoms with Crippen LogP contribution in [0.5, 0.6) is 0 Å². The van der Waals surface area contributed by atoms with Gasteiger partial charge in [0.15, 0.2) is 0 Å². The van der Waals surface area contributed by atoms with Gasteiger partial charge in [0.05, 0.1) is 10.7 Å². The number of thiazole rings is 1. The van der Waals surface area contributed by atoms with Crippen molar-refractivity contribution in [2.75, 3.05) is 0 Å². The van der Waals surface area contributed by atoms with Crippen LogP contribution in [0, 0.1) is 6.92 Å². The number of ketones is 1. The number of carbonyl (C=O) groups excluding carboxylic acids is 1. The predicted octanol–water partition coefficient (Wildman–Crippen LogP) is 1.93. The third-order valence-electron chi connectivity index (χ3n) is 2.63. The molecule has 2 heterocycles. The highest BCUT2D eigenvalue weighted by Gasteiger charge is 2.08. The summed E-state index contributed by atoms with van der Waals surface area (Å²) in [5.74, 6) is 0.233. The van der Waals surface area contributed by atoms with Gasteiger partial charge in [0.1, 0.15) is 5.78 Å². The molecule has 0 amide bonds. The van der Waals surface area contributed by atoms with Gasteiger partial charge < -0.3 is 0 Å². The van der Waals surface area contributed by atoms with Crippen molar-refractivity contribution in [3.63, 3.8) is 0 Å². The number of hydrogen-bond donors (Lipinski definition) is 0. The molecule has 4 nitrogen and oxygen atoms in total. The van der Waals surface area contributed by atoms with Crippen LogP contribution in [0.15, 0.2) is 17.6 Å². The van der Waals surface area contributed by atoms with Gasteiger partial charge >= 0.3 is 0 Å². The van der Waals surface area contributed by atoms with E-state index in [4.69, 9.17) is 0 Å². The van der Waals surface area contributed by atoms with Crippen LogP contribution >= 0.6 is 11.3 Å². The SMILES string of the molecule is Cc1nc(CC(=O)CCc2ccnn2C)cs1. The molecule has 2 aromatic heterocycles. The standard InChI is InChI=1S/C12H15N3OS/c1-9-14-10(8-17-9)7-12(16)4-3-11-5-6-13-15(11)2/h5-6,8H,3-4,7H2,1-2H3. The lowest BCUT2D eigenvalue weighted by molar-refractivity contribution is -0.118. The minimum Gasteiger partial charge on any atom is -0.299 e. The van der Waals surface area contributed by atoms with Gasteiger partial charge in [0.2, 0.25) is 0 Å². The van der Waals surface area contributed by atoms with Gasteiger partial charge in [-0.15, -0.1) is 11.3 Å². The molecule has 0 spiro atoms. The Morgan fingerprint density at radius 1 is 1.53 bits per heavy atom. The fourth-order valence-electron chi connectivity index (χ4n) is 1.69. The summed E-state index contributed by atoms with van der Waals surface area (Å²) >= 11 is 1.59. The fourth-order valence-corrected chi connectivity index (χ4v) is 2.31. The lowest BCUT2D eigenvalue weighted by Crippen LogP contribution is -2.07. The number of Topliss-reactive ketones (excluding diaryl/α,β-unsaturated/α-hetero) is 1. The molecule has 90 valence electrons. The van der Waals surface area contributed by atoms with E-state index in [2.05, 4.69) is 10.1 Å². The Kier molecular flexibility index (Phi) is 3.68. The first-order chi connectivity index (χ1) is 8.15. The van der Waals surface area contributed by atoms with E-state index in [0.29, 0.717) is 12.8 Å². The first kappa shape index (κ1) is 12.0. The molecule has 0 saturated carbocycles. The summed E-state index contributed by atoms with van der Waals surface area (Å²) in [6, 6.07) is 1.94. The largest absolute Gasteiger partial charge is 0.299 e. The lowest BCUT2D eigenvalue weighted by atomic mass is 10.1. The van der Waals surface area contributed by atoms with Crippen molar-refractivity contribution >= 4 is 17.1 Å². The fraction of sp³-hybridized carbons (Fsp3) is 0.417. The summed E-state index contributed by atoms with van der Waals surface area (Å²) in [4.78, 5) is 16.1. The maximum atomic E-state index is 11.8. The summed E-state index contributed by atoms with van der Waals surface area (Å²) < 4.78 is 1.81. The molecule has 0 radical (unpaired) electrons. The minimum atomic E-state index is 0.233. The highest BCUT2D eigenvalue weighted by molar-refractivity contribution is 7.09. The summed E-state index contributed by atoms with van der Waals surface area (Å²) in [5, 5.41) is 7.05. The Morgan fingerprint density at radius 2 is 2.35 bits per heavy atom. The molecule has 0 bridgehead atoms. The monoisotopic (exact) mass is 249 g/mol. The lowest BCUT2D eigenvalue weighted by Gasteiger charge is -2.00. The van der Waals surface area contributed by atoms with E-state index in [1.54, 1.807) is 22.2 Å². The Morgan fingerprint density at radius 3 is 2.94 bits per heavy atom. The van der Waals surface area contributed by atoms with Crippen molar-refractivity contribution in [3.8, 4) is 0 Å². The van der Waals surface area contributed by atoms with Crippen LogP contribution in [0.1, 0.15) is 22.8 Å². The second-order valence-electron chi connectivity index (χ2n) is 4.02. The molecule has 0 unspecified atom stereocenters. The quantitative estimate of drug-likeness (QED) is 0.813. The molecule has 0 saturated heterocycles. The van der Waals surface area contributed by atoms with Gasteiger partial charge in [-0.2, -0.15) is 5.10 Å². The van der Waals surface area contributed by atoms with E-state index >= 15 is 0 Å². The van der Waals surface area contributed by atoms with Crippen LogP contribution in [-0.2, 0) is 24.7 Å². The van der Waals surface area contributed by atoms with Crippen molar-refractivity contribution in [1.29, 1.82) is 0 Å². The molecule has 5 heteroatoms. The first-order valence-electron chi connectivity index (χ1n) is 5.55. The molecule has 0 aromatic carbocycles. The van der Waals surface area contributed by atoms with E-state index in [-0.39, 0.29) is 5.78 Å². The Hall–Kier alpha value is -1.49. The normalized spacial score (nSPS) is 10.7. The first-order valence-corrected chi connectivity index (χ1v) is 6.42. The summed E-state index contributed by atoms with van der Waals surface area (Å²) in [6.07, 6.45) is 3.50. The minimum absolute atomic E-state index is 0.233.